The third-order valence-corrected chi connectivity index (χ3v) is 7.43. The van der Waals surface area contributed by atoms with Crippen LogP contribution in [0.25, 0.3) is 0 Å². The van der Waals surface area contributed by atoms with Crippen LogP contribution >= 0.6 is 0 Å². The molecule has 1 N–H and O–H groups in total. The van der Waals surface area contributed by atoms with Gasteiger partial charge in [-0.1, -0.05) is 98.7 Å². The number of rotatable bonds is 8. The van der Waals surface area contributed by atoms with Crippen molar-refractivity contribution < 1.29 is 9.68 Å². The second kappa shape index (κ2) is 11.0. The second-order valence-corrected chi connectivity index (χ2v) is 11.3. The van der Waals surface area contributed by atoms with E-state index < -0.39 is 0 Å². The van der Waals surface area contributed by atoms with E-state index in [-0.39, 0.29) is 0 Å². The molecule has 0 unspecified atom stereocenters. The molecule has 0 saturated carbocycles. The van der Waals surface area contributed by atoms with Gasteiger partial charge in [0.25, 0.3) is 0 Å². The second-order valence-electron chi connectivity index (χ2n) is 11.3. The predicted molar refractivity (Wildman–Crippen MR) is 152 cm³/mol. The van der Waals surface area contributed by atoms with Crippen molar-refractivity contribution in [2.24, 2.45) is 0 Å². The Morgan fingerprint density at radius 3 is 1.63 bits per heavy atom. The Morgan fingerprint density at radius 1 is 0.800 bits per heavy atom. The molecule has 35 heavy (non-hydrogen) atoms. The van der Waals surface area contributed by atoms with Gasteiger partial charge in [-0.15, -0.1) is 0 Å². The summed E-state index contributed by atoms with van der Waals surface area (Å²) in [6, 6.07) is 13.4. The van der Waals surface area contributed by atoms with Crippen LogP contribution in [-0.4, -0.2) is 28.6 Å². The van der Waals surface area contributed by atoms with E-state index in [0.717, 1.165) is 30.9 Å². The van der Waals surface area contributed by atoms with E-state index in [4.69, 9.17) is 0 Å². The topological polar surface area (TPSA) is 26.5 Å². The third-order valence-electron chi connectivity index (χ3n) is 7.43. The molecule has 3 heteroatoms. The van der Waals surface area contributed by atoms with Gasteiger partial charge in [0.05, 0.1) is 0 Å². The van der Waals surface area contributed by atoms with Gasteiger partial charge in [0.1, 0.15) is 24.5 Å². The highest BCUT2D eigenvalue weighted by Gasteiger charge is 2.41. The molecule has 0 aromatic heterocycles. The van der Waals surface area contributed by atoms with E-state index in [1.807, 2.05) is 0 Å². The van der Waals surface area contributed by atoms with Crippen LogP contribution in [0.15, 0.2) is 47.7 Å². The quantitative estimate of drug-likeness (QED) is 0.304. The summed E-state index contributed by atoms with van der Waals surface area (Å²) in [4.78, 5) is 2.42. The Bertz CT molecular complexity index is 1070. The summed E-state index contributed by atoms with van der Waals surface area (Å²) < 4.78 is 2.42. The van der Waals surface area contributed by atoms with Crippen LogP contribution in [0.5, 0.6) is 0 Å². The summed E-state index contributed by atoms with van der Waals surface area (Å²) in [7, 11) is 0. The molecule has 2 aromatic rings. The van der Waals surface area contributed by atoms with E-state index in [2.05, 4.69) is 115 Å². The molecule has 0 amide bonds. The van der Waals surface area contributed by atoms with Crippen molar-refractivity contribution in [1.82, 2.24) is 0 Å². The maximum Gasteiger partial charge on any atom is 0.325 e. The van der Waals surface area contributed by atoms with Crippen LogP contribution in [0, 0.1) is 0 Å². The van der Waals surface area contributed by atoms with Gasteiger partial charge in [-0.05, 0) is 42.6 Å². The minimum atomic E-state index is 0.395. The Balaban J connectivity index is 2.45. The Kier molecular flexibility index (Phi) is 8.51. The van der Waals surface area contributed by atoms with Crippen LogP contribution in [0.1, 0.15) is 122 Å². The summed E-state index contributed by atoms with van der Waals surface area (Å²) in [5, 5.41) is 11.8. The van der Waals surface area contributed by atoms with Crippen LogP contribution in [0.3, 0.4) is 0 Å². The SMILES string of the molecule is CC/C(C)=C(\O)C1=[N+](c2c(C(C)C)cccc2C(C)C)CCN1c1c(C(C)C)cccc1C(C)C. The van der Waals surface area contributed by atoms with Crippen molar-refractivity contribution in [3.8, 4) is 0 Å². The van der Waals surface area contributed by atoms with E-state index in [9.17, 15) is 5.11 Å². The van der Waals surface area contributed by atoms with Crippen molar-refractivity contribution in [3.05, 3.63) is 70.0 Å². The van der Waals surface area contributed by atoms with E-state index in [1.54, 1.807) is 0 Å². The minimum absolute atomic E-state index is 0.395. The Labute approximate surface area is 214 Å². The summed E-state index contributed by atoms with van der Waals surface area (Å²) in [5.74, 6) is 2.94. The fourth-order valence-electron chi connectivity index (χ4n) is 5.25. The van der Waals surface area contributed by atoms with Gasteiger partial charge in [-0.3, -0.25) is 0 Å². The maximum atomic E-state index is 11.8. The lowest BCUT2D eigenvalue weighted by molar-refractivity contribution is -0.430. The van der Waals surface area contributed by atoms with Crippen molar-refractivity contribution in [1.29, 1.82) is 0 Å². The van der Waals surface area contributed by atoms with Crippen LogP contribution < -0.4 is 4.90 Å². The molecular weight excluding hydrogens is 428 g/mol. The number of aliphatic hydroxyl groups is 1. The lowest BCUT2D eigenvalue weighted by atomic mass is 9.91. The molecular formula is C32H47N2O+. The molecule has 1 aliphatic heterocycles. The summed E-state index contributed by atoms with van der Waals surface area (Å²) in [5.41, 5.74) is 8.96. The number of anilines is 1. The summed E-state index contributed by atoms with van der Waals surface area (Å²) in [6.07, 6.45) is 0.822. The molecule has 0 aliphatic carbocycles. The van der Waals surface area contributed by atoms with Crippen LogP contribution in [-0.2, 0) is 0 Å². The monoisotopic (exact) mass is 475 g/mol. The van der Waals surface area contributed by atoms with Gasteiger partial charge < -0.3 is 5.11 Å². The lowest BCUT2D eigenvalue weighted by Crippen LogP contribution is -2.33. The number of aliphatic hydroxyl groups excluding tert-OH is 1. The van der Waals surface area contributed by atoms with Crippen molar-refractivity contribution in [2.45, 2.75) is 99.3 Å². The molecule has 0 radical (unpaired) electrons. The van der Waals surface area contributed by atoms with Crippen molar-refractivity contribution in [3.63, 3.8) is 0 Å². The third kappa shape index (κ3) is 5.20. The number of amidine groups is 1. The van der Waals surface area contributed by atoms with Gasteiger partial charge in [-0.25, -0.2) is 9.48 Å². The highest BCUT2D eigenvalue weighted by Crippen LogP contribution is 2.41. The molecule has 190 valence electrons. The highest BCUT2D eigenvalue weighted by atomic mass is 16.3. The Hall–Kier alpha value is -2.55. The highest BCUT2D eigenvalue weighted by molar-refractivity contribution is 6.07. The van der Waals surface area contributed by atoms with E-state index in [1.165, 1.54) is 33.6 Å². The van der Waals surface area contributed by atoms with Crippen molar-refractivity contribution in [2.75, 3.05) is 18.0 Å². The first kappa shape index (κ1) is 27.0. The molecule has 3 rings (SSSR count). The average Bonchev–Trinajstić information content (AvgIpc) is 3.25. The zero-order valence-electron chi connectivity index (χ0n) is 23.7. The van der Waals surface area contributed by atoms with Gasteiger partial charge >= 0.3 is 5.84 Å². The molecule has 2 aromatic carbocycles. The summed E-state index contributed by atoms with van der Waals surface area (Å²) >= 11 is 0. The minimum Gasteiger partial charge on any atom is -0.501 e. The largest absolute Gasteiger partial charge is 0.501 e. The van der Waals surface area contributed by atoms with Gasteiger partial charge in [-0.2, -0.15) is 0 Å². The standard InChI is InChI=1S/C32H46N2O/c1-11-24(10)31(35)32-33(29-25(20(2)3)14-12-15-26(29)21(4)5)18-19-34(32)30-27(22(6)7)16-13-17-28(30)23(8)9/h12-17,20-23H,11,18-19H2,1-10H3/p+1/b31-24-. The first-order valence-corrected chi connectivity index (χ1v) is 13.6. The molecule has 0 spiro atoms. The molecule has 1 aliphatic rings. The number of nitrogens with zero attached hydrogens (tertiary/aromatic N) is 2. The number of hydrogen-bond donors (Lipinski definition) is 1. The number of allylic oxidation sites excluding steroid dienone is 1. The predicted octanol–water partition coefficient (Wildman–Crippen LogP) is 8.98. The van der Waals surface area contributed by atoms with Gasteiger partial charge in [0.15, 0.2) is 0 Å². The fraction of sp³-hybridized carbons (Fsp3) is 0.531. The molecule has 0 saturated heterocycles. The first-order valence-electron chi connectivity index (χ1n) is 13.6. The first-order chi connectivity index (χ1) is 16.5. The molecule has 1 heterocycles. The van der Waals surface area contributed by atoms with E-state index >= 15 is 0 Å². The van der Waals surface area contributed by atoms with Crippen LogP contribution in [0.4, 0.5) is 11.4 Å². The Morgan fingerprint density at radius 2 is 1.23 bits per heavy atom. The normalized spacial score (nSPS) is 15.3. The molecule has 0 fully saturated rings. The average molecular weight is 476 g/mol. The maximum absolute atomic E-state index is 11.8. The number of hydrogen-bond acceptors (Lipinski definition) is 2. The molecule has 3 nitrogen and oxygen atoms in total. The van der Waals surface area contributed by atoms with E-state index in [0.29, 0.717) is 29.4 Å². The zero-order chi connectivity index (χ0) is 26.0. The lowest BCUT2D eigenvalue weighted by Gasteiger charge is -2.24. The smallest absolute Gasteiger partial charge is 0.325 e. The number of benzene rings is 2. The van der Waals surface area contributed by atoms with Crippen molar-refractivity contribution >= 4 is 17.2 Å². The fourth-order valence-corrected chi connectivity index (χ4v) is 5.25. The van der Waals surface area contributed by atoms with Crippen LogP contribution in [0.2, 0.25) is 0 Å². The summed E-state index contributed by atoms with van der Waals surface area (Å²) in [6.45, 7) is 24.1. The number of para-hydroxylation sites is 2. The van der Waals surface area contributed by atoms with Gasteiger partial charge in [0, 0.05) is 22.3 Å². The molecule has 0 atom stereocenters. The van der Waals surface area contributed by atoms with Gasteiger partial charge in [0.2, 0.25) is 5.76 Å². The zero-order valence-corrected chi connectivity index (χ0v) is 23.7. The molecule has 0 bridgehead atoms.